The van der Waals surface area contributed by atoms with Gasteiger partial charge in [0.1, 0.15) is 12.3 Å². The molecular weight excluding hydrogens is 396 g/mol. The van der Waals surface area contributed by atoms with E-state index in [1.807, 2.05) is 45.0 Å². The first kappa shape index (κ1) is 24.2. The molecule has 0 fully saturated rings. The lowest BCUT2D eigenvalue weighted by molar-refractivity contribution is -0.142. The maximum atomic E-state index is 12.8. The molecule has 2 rings (SSSR count). The third-order valence-corrected chi connectivity index (χ3v) is 4.42. The molecule has 2 aromatic rings. The predicted octanol–water partition coefficient (Wildman–Crippen LogP) is 3.54. The molecule has 2 N–H and O–H groups in total. The molecule has 2 unspecified atom stereocenters. The number of rotatable bonds is 9. The molecule has 7 heteroatoms. The number of carbonyl (C=O) groups is 3. The molecule has 0 saturated heterocycles. The molecule has 0 radical (unpaired) electrons. The van der Waals surface area contributed by atoms with Crippen LogP contribution in [0.5, 0.6) is 0 Å². The van der Waals surface area contributed by atoms with E-state index in [0.29, 0.717) is 17.7 Å². The largest absolute Gasteiger partial charge is 0.370 e. The third kappa shape index (κ3) is 7.31. The average Bonchev–Trinajstić information content (AvgIpc) is 2.74. The van der Waals surface area contributed by atoms with Gasteiger partial charge >= 0.3 is 0 Å². The van der Waals surface area contributed by atoms with Crippen molar-refractivity contribution in [3.63, 3.8) is 0 Å². The van der Waals surface area contributed by atoms with E-state index in [0.717, 1.165) is 17.4 Å². The fraction of sp³-hybridized carbons (Fsp3) is 0.375. The minimum absolute atomic E-state index is 0.302. The van der Waals surface area contributed by atoms with Crippen molar-refractivity contribution >= 4 is 18.1 Å². The van der Waals surface area contributed by atoms with Crippen molar-refractivity contribution in [1.82, 2.24) is 10.8 Å². The molecule has 0 saturated carbocycles. The molecule has 0 aliphatic carbocycles. The van der Waals surface area contributed by atoms with E-state index < -0.39 is 29.6 Å². The van der Waals surface area contributed by atoms with Crippen LogP contribution >= 0.6 is 0 Å². The zero-order valence-electron chi connectivity index (χ0n) is 18.6. The van der Waals surface area contributed by atoms with Crippen molar-refractivity contribution < 1.29 is 24.0 Å². The highest BCUT2D eigenvalue weighted by Gasteiger charge is 2.31. The molecule has 2 amide bonds. The Morgan fingerprint density at radius 2 is 1.55 bits per heavy atom. The summed E-state index contributed by atoms with van der Waals surface area (Å²) in [6.45, 7) is 9.41. The van der Waals surface area contributed by atoms with Gasteiger partial charge in [-0.3, -0.25) is 19.2 Å². The quantitative estimate of drug-likeness (QED) is 0.473. The van der Waals surface area contributed by atoms with Crippen LogP contribution in [0.1, 0.15) is 55.3 Å². The second-order valence-electron chi connectivity index (χ2n) is 8.10. The highest BCUT2D eigenvalue weighted by molar-refractivity contribution is 5.98. The van der Waals surface area contributed by atoms with E-state index in [-0.39, 0.29) is 0 Å². The van der Waals surface area contributed by atoms with Gasteiger partial charge in [-0.25, -0.2) is 5.48 Å². The first-order chi connectivity index (χ1) is 14.6. The standard InChI is InChI=1S/C24H30N2O5/c1-6-30-26-23(29)21(16(2)31-24(3,4)5)25-22(28)20-13-11-19(12-14-20)18-9-7-17(15-27)8-10-18/h7-16,21H,6H2,1-5H3,(H,25,28)(H,26,29). The summed E-state index contributed by atoms with van der Waals surface area (Å²) in [4.78, 5) is 41.1. The van der Waals surface area contributed by atoms with Gasteiger partial charge in [-0.2, -0.15) is 0 Å². The van der Waals surface area contributed by atoms with Crippen molar-refractivity contribution in [2.75, 3.05) is 6.61 Å². The minimum Gasteiger partial charge on any atom is -0.370 e. The Morgan fingerprint density at radius 3 is 2.03 bits per heavy atom. The number of carbonyl (C=O) groups excluding carboxylic acids is 3. The van der Waals surface area contributed by atoms with Crippen molar-refractivity contribution in [1.29, 1.82) is 0 Å². The Bertz CT molecular complexity index is 886. The highest BCUT2D eigenvalue weighted by Crippen LogP contribution is 2.20. The zero-order chi connectivity index (χ0) is 23.0. The summed E-state index contributed by atoms with van der Waals surface area (Å²) >= 11 is 0. The number of ether oxygens (including phenoxy) is 1. The Labute approximate surface area is 183 Å². The maximum absolute atomic E-state index is 12.8. The summed E-state index contributed by atoms with van der Waals surface area (Å²) in [5.74, 6) is -0.886. The van der Waals surface area contributed by atoms with Gasteiger partial charge in [0.2, 0.25) is 0 Å². The minimum atomic E-state index is -0.936. The third-order valence-electron chi connectivity index (χ3n) is 4.42. The van der Waals surface area contributed by atoms with Gasteiger partial charge in [0.25, 0.3) is 11.8 Å². The lowest BCUT2D eigenvalue weighted by atomic mass is 10.0. The molecule has 31 heavy (non-hydrogen) atoms. The monoisotopic (exact) mass is 426 g/mol. The molecule has 0 aromatic heterocycles. The van der Waals surface area contributed by atoms with Crippen molar-refractivity contribution in [3.05, 3.63) is 59.7 Å². The van der Waals surface area contributed by atoms with E-state index in [1.165, 1.54) is 0 Å². The molecule has 2 aromatic carbocycles. The van der Waals surface area contributed by atoms with Crippen LogP contribution in [0.3, 0.4) is 0 Å². The lowest BCUT2D eigenvalue weighted by Gasteiger charge is -2.30. The van der Waals surface area contributed by atoms with Crippen LogP contribution in [0.4, 0.5) is 0 Å². The maximum Gasteiger partial charge on any atom is 0.268 e. The lowest BCUT2D eigenvalue weighted by Crippen LogP contribution is -2.54. The molecule has 0 aliphatic rings. The summed E-state index contributed by atoms with van der Waals surface area (Å²) < 4.78 is 5.88. The number of hydroxylamine groups is 1. The van der Waals surface area contributed by atoms with E-state index in [4.69, 9.17) is 9.57 Å². The summed E-state index contributed by atoms with van der Waals surface area (Å²) in [5.41, 5.74) is 4.69. The van der Waals surface area contributed by atoms with Crippen LogP contribution < -0.4 is 10.8 Å². The molecule has 0 aliphatic heterocycles. The number of nitrogens with one attached hydrogen (secondary N) is 2. The second-order valence-corrected chi connectivity index (χ2v) is 8.10. The molecule has 0 heterocycles. The predicted molar refractivity (Wildman–Crippen MR) is 119 cm³/mol. The molecule has 7 nitrogen and oxygen atoms in total. The molecule has 0 bridgehead atoms. The zero-order valence-corrected chi connectivity index (χ0v) is 18.6. The van der Waals surface area contributed by atoms with Crippen molar-refractivity contribution in [3.8, 4) is 11.1 Å². The summed E-state index contributed by atoms with van der Waals surface area (Å²) in [5, 5.41) is 2.74. The van der Waals surface area contributed by atoms with Crippen LogP contribution in [0.25, 0.3) is 11.1 Å². The summed E-state index contributed by atoms with van der Waals surface area (Å²) in [7, 11) is 0. The second kappa shape index (κ2) is 10.8. The average molecular weight is 427 g/mol. The number of amides is 2. The van der Waals surface area contributed by atoms with Gasteiger partial charge in [-0.05, 0) is 57.9 Å². The van der Waals surface area contributed by atoms with E-state index >= 15 is 0 Å². The SMILES string of the molecule is CCONC(=O)C(NC(=O)c1ccc(-c2ccc(C=O)cc2)cc1)C(C)OC(C)(C)C. The Morgan fingerprint density at radius 1 is 1.00 bits per heavy atom. The van der Waals surface area contributed by atoms with Gasteiger partial charge in [-0.1, -0.05) is 36.4 Å². The first-order valence-electron chi connectivity index (χ1n) is 10.2. The first-order valence-corrected chi connectivity index (χ1v) is 10.2. The van der Waals surface area contributed by atoms with E-state index in [2.05, 4.69) is 10.8 Å². The molecule has 166 valence electrons. The Balaban J connectivity index is 2.15. The van der Waals surface area contributed by atoms with Gasteiger partial charge in [0, 0.05) is 11.1 Å². The number of hydrogen-bond acceptors (Lipinski definition) is 5. The summed E-state index contributed by atoms with van der Waals surface area (Å²) in [6.07, 6.45) is 0.208. The van der Waals surface area contributed by atoms with Gasteiger partial charge in [0.05, 0.1) is 18.3 Å². The Hall–Kier alpha value is -3.03. The summed E-state index contributed by atoms with van der Waals surface area (Å²) in [6, 6.07) is 13.2. The molecule has 0 spiro atoms. The fourth-order valence-electron chi connectivity index (χ4n) is 3.02. The van der Waals surface area contributed by atoms with Gasteiger partial charge in [0.15, 0.2) is 0 Å². The van der Waals surface area contributed by atoms with E-state index in [9.17, 15) is 14.4 Å². The fourth-order valence-corrected chi connectivity index (χ4v) is 3.02. The van der Waals surface area contributed by atoms with Gasteiger partial charge in [-0.15, -0.1) is 0 Å². The molecular formula is C24H30N2O5. The smallest absolute Gasteiger partial charge is 0.268 e. The van der Waals surface area contributed by atoms with Crippen LogP contribution in [0, 0.1) is 0 Å². The van der Waals surface area contributed by atoms with E-state index in [1.54, 1.807) is 38.1 Å². The number of aldehydes is 1. The van der Waals surface area contributed by atoms with Crippen molar-refractivity contribution in [2.24, 2.45) is 0 Å². The normalized spacial score (nSPS) is 13.2. The molecule has 2 atom stereocenters. The van der Waals surface area contributed by atoms with Crippen LogP contribution in [0.2, 0.25) is 0 Å². The van der Waals surface area contributed by atoms with Crippen LogP contribution in [0.15, 0.2) is 48.5 Å². The Kier molecular flexibility index (Phi) is 8.47. The number of hydrogen-bond donors (Lipinski definition) is 2. The number of benzene rings is 2. The highest BCUT2D eigenvalue weighted by atomic mass is 16.6. The van der Waals surface area contributed by atoms with Crippen molar-refractivity contribution in [2.45, 2.75) is 52.4 Å². The van der Waals surface area contributed by atoms with Gasteiger partial charge < -0.3 is 10.1 Å². The van der Waals surface area contributed by atoms with Crippen LogP contribution in [-0.4, -0.2) is 42.5 Å². The topological polar surface area (TPSA) is 93.7 Å². The van der Waals surface area contributed by atoms with Crippen LogP contribution in [-0.2, 0) is 14.4 Å².